The minimum atomic E-state index is -0.412. The summed E-state index contributed by atoms with van der Waals surface area (Å²) in [7, 11) is 2.20. The largest absolute Gasteiger partial charge is 0.301 e. The van der Waals surface area contributed by atoms with E-state index in [1.54, 1.807) is 0 Å². The second-order valence-electron chi connectivity index (χ2n) is 5.65. The van der Waals surface area contributed by atoms with E-state index in [1.165, 1.54) is 6.42 Å². The minimum absolute atomic E-state index is 0.412. The van der Waals surface area contributed by atoms with Crippen molar-refractivity contribution in [2.24, 2.45) is 0 Å². The predicted octanol–water partition coefficient (Wildman–Crippen LogP) is 1.29. The summed E-state index contributed by atoms with van der Waals surface area (Å²) in [5, 5.41) is 12.7. The van der Waals surface area contributed by atoms with Crippen LogP contribution in [0.15, 0.2) is 0 Å². The molecule has 0 aliphatic carbocycles. The molecule has 2 atom stereocenters. The summed E-state index contributed by atoms with van der Waals surface area (Å²) < 4.78 is 0. The average molecular weight is 252 g/mol. The van der Waals surface area contributed by atoms with Crippen LogP contribution in [0.4, 0.5) is 0 Å². The van der Waals surface area contributed by atoms with Crippen LogP contribution in [-0.2, 0) is 0 Å². The van der Waals surface area contributed by atoms with Gasteiger partial charge in [0, 0.05) is 32.2 Å². The lowest BCUT2D eigenvalue weighted by Gasteiger charge is -2.41. The summed E-state index contributed by atoms with van der Waals surface area (Å²) in [6.07, 6.45) is 2.25. The van der Waals surface area contributed by atoms with Crippen molar-refractivity contribution < 1.29 is 0 Å². The molecule has 0 saturated carbocycles. The zero-order valence-corrected chi connectivity index (χ0v) is 12.4. The molecule has 0 radical (unpaired) electrons. The topological polar surface area (TPSA) is 42.3 Å². The summed E-state index contributed by atoms with van der Waals surface area (Å²) in [6.45, 7) is 11.4. The fourth-order valence-corrected chi connectivity index (χ4v) is 2.57. The number of nitrogens with zero attached hydrogens (tertiary/aromatic N) is 3. The van der Waals surface area contributed by atoms with E-state index in [0.29, 0.717) is 6.04 Å². The molecule has 1 saturated heterocycles. The Labute approximate surface area is 112 Å². The number of likely N-dealkylation sites (N-methyl/N-ethyl adjacent to an activating group) is 1. The van der Waals surface area contributed by atoms with Gasteiger partial charge in [-0.25, -0.2) is 0 Å². The van der Waals surface area contributed by atoms with Crippen molar-refractivity contribution >= 4 is 0 Å². The van der Waals surface area contributed by atoms with Gasteiger partial charge in [-0.3, -0.25) is 10.2 Å². The van der Waals surface area contributed by atoms with Crippen LogP contribution < -0.4 is 5.32 Å². The van der Waals surface area contributed by atoms with E-state index in [0.717, 1.165) is 39.1 Å². The fourth-order valence-electron chi connectivity index (χ4n) is 2.57. The first-order chi connectivity index (χ1) is 8.54. The third kappa shape index (κ3) is 4.24. The minimum Gasteiger partial charge on any atom is -0.301 e. The highest BCUT2D eigenvalue weighted by molar-refractivity contribution is 5.06. The van der Waals surface area contributed by atoms with E-state index in [4.69, 9.17) is 0 Å². The molecule has 0 aromatic heterocycles. The van der Waals surface area contributed by atoms with Gasteiger partial charge in [0.2, 0.25) is 0 Å². The van der Waals surface area contributed by atoms with E-state index >= 15 is 0 Å². The van der Waals surface area contributed by atoms with Gasteiger partial charge in [0.25, 0.3) is 0 Å². The van der Waals surface area contributed by atoms with Crippen LogP contribution >= 0.6 is 0 Å². The molecule has 0 bridgehead atoms. The number of nitriles is 1. The number of hydrogen-bond acceptors (Lipinski definition) is 4. The van der Waals surface area contributed by atoms with Crippen LogP contribution in [0.1, 0.15) is 33.6 Å². The Balaban J connectivity index is 2.52. The Morgan fingerprint density at radius 3 is 2.67 bits per heavy atom. The van der Waals surface area contributed by atoms with E-state index in [-0.39, 0.29) is 0 Å². The lowest BCUT2D eigenvalue weighted by Crippen LogP contribution is -2.57. The predicted molar refractivity (Wildman–Crippen MR) is 75.5 cm³/mol. The summed E-state index contributed by atoms with van der Waals surface area (Å²) in [4.78, 5) is 4.86. The third-order valence-corrected chi connectivity index (χ3v) is 3.88. The average Bonchev–Trinajstić information content (AvgIpc) is 2.38. The molecule has 1 fully saturated rings. The summed E-state index contributed by atoms with van der Waals surface area (Å²) in [5.74, 6) is 0. The highest BCUT2D eigenvalue weighted by atomic mass is 15.3. The van der Waals surface area contributed by atoms with Gasteiger partial charge in [-0.2, -0.15) is 5.26 Å². The smallest absolute Gasteiger partial charge is 0.116 e. The van der Waals surface area contributed by atoms with Gasteiger partial charge >= 0.3 is 0 Å². The Hall–Kier alpha value is -0.630. The van der Waals surface area contributed by atoms with Gasteiger partial charge in [-0.1, -0.05) is 13.8 Å². The Morgan fingerprint density at radius 2 is 2.11 bits per heavy atom. The molecule has 2 unspecified atom stereocenters. The molecule has 18 heavy (non-hydrogen) atoms. The zero-order valence-electron chi connectivity index (χ0n) is 12.4. The van der Waals surface area contributed by atoms with Crippen LogP contribution in [0, 0.1) is 11.3 Å². The highest BCUT2D eigenvalue weighted by Gasteiger charge is 2.30. The zero-order chi connectivity index (χ0) is 13.6. The number of piperazine rings is 1. The van der Waals surface area contributed by atoms with Crippen molar-refractivity contribution in [1.82, 2.24) is 15.1 Å². The molecular weight excluding hydrogens is 224 g/mol. The quantitative estimate of drug-likeness (QED) is 0.773. The van der Waals surface area contributed by atoms with Crippen LogP contribution in [0.3, 0.4) is 0 Å². The number of nitrogens with one attached hydrogen (secondary N) is 1. The molecule has 1 aliphatic rings. The Morgan fingerprint density at radius 1 is 1.39 bits per heavy atom. The van der Waals surface area contributed by atoms with Crippen molar-refractivity contribution in [3.63, 3.8) is 0 Å². The Kier molecular flexibility index (Phi) is 6.07. The normalized spacial score (nSPS) is 25.6. The molecule has 1 N–H and O–H groups in total. The van der Waals surface area contributed by atoms with Gasteiger partial charge in [-0.15, -0.1) is 0 Å². The monoisotopic (exact) mass is 252 g/mol. The highest BCUT2D eigenvalue weighted by Crippen LogP contribution is 2.14. The van der Waals surface area contributed by atoms with Crippen molar-refractivity contribution in [3.8, 4) is 6.07 Å². The first kappa shape index (κ1) is 15.4. The molecule has 1 aliphatic heterocycles. The second kappa shape index (κ2) is 7.08. The molecule has 0 aromatic carbocycles. The molecule has 0 aromatic rings. The van der Waals surface area contributed by atoms with E-state index in [9.17, 15) is 5.26 Å². The maximum atomic E-state index is 9.37. The summed E-state index contributed by atoms with van der Waals surface area (Å²) in [6, 6.07) is 3.07. The van der Waals surface area contributed by atoms with Crippen molar-refractivity contribution in [3.05, 3.63) is 0 Å². The lowest BCUT2D eigenvalue weighted by atomic mass is 10.0. The third-order valence-electron chi connectivity index (χ3n) is 3.88. The van der Waals surface area contributed by atoms with E-state index < -0.39 is 5.54 Å². The molecule has 4 nitrogen and oxygen atoms in total. The van der Waals surface area contributed by atoms with Gasteiger partial charge in [0.05, 0.1) is 6.07 Å². The van der Waals surface area contributed by atoms with Crippen molar-refractivity contribution in [2.45, 2.75) is 45.2 Å². The Bertz CT molecular complexity index is 286. The van der Waals surface area contributed by atoms with Gasteiger partial charge in [-0.05, 0) is 33.4 Å². The SMILES string of the molecule is CCCNC(C)(C#N)CN1CCN(C)C(CC)C1. The molecule has 0 amide bonds. The van der Waals surface area contributed by atoms with Crippen molar-refractivity contribution in [1.29, 1.82) is 5.26 Å². The fraction of sp³-hybridized carbons (Fsp3) is 0.929. The van der Waals surface area contributed by atoms with Gasteiger partial charge < -0.3 is 4.90 Å². The molecule has 1 heterocycles. The summed E-state index contributed by atoms with van der Waals surface area (Å²) in [5.41, 5.74) is -0.412. The van der Waals surface area contributed by atoms with Crippen LogP contribution in [-0.4, -0.2) is 61.2 Å². The van der Waals surface area contributed by atoms with Crippen LogP contribution in [0.5, 0.6) is 0 Å². The van der Waals surface area contributed by atoms with E-state index in [1.807, 2.05) is 6.92 Å². The lowest BCUT2D eigenvalue weighted by molar-refractivity contribution is 0.0801. The molecule has 104 valence electrons. The number of hydrogen-bond donors (Lipinski definition) is 1. The van der Waals surface area contributed by atoms with Crippen molar-refractivity contribution in [2.75, 3.05) is 39.8 Å². The maximum Gasteiger partial charge on any atom is 0.116 e. The molecule has 4 heteroatoms. The number of rotatable bonds is 6. The molecular formula is C14H28N4. The second-order valence-corrected chi connectivity index (χ2v) is 5.65. The standard InChI is InChI=1S/C14H28N4/c1-5-7-16-14(3,11-15)12-18-9-8-17(4)13(6-2)10-18/h13,16H,5-10,12H2,1-4H3. The van der Waals surface area contributed by atoms with Gasteiger partial charge in [0.1, 0.15) is 5.54 Å². The maximum absolute atomic E-state index is 9.37. The first-order valence-corrected chi connectivity index (χ1v) is 7.13. The van der Waals surface area contributed by atoms with Crippen LogP contribution in [0.2, 0.25) is 0 Å². The van der Waals surface area contributed by atoms with Gasteiger partial charge in [0.15, 0.2) is 0 Å². The summed E-state index contributed by atoms with van der Waals surface area (Å²) >= 11 is 0. The molecule has 1 rings (SSSR count). The molecule has 0 spiro atoms. The van der Waals surface area contributed by atoms with Crippen LogP contribution in [0.25, 0.3) is 0 Å². The first-order valence-electron chi connectivity index (χ1n) is 7.13. The van der Waals surface area contributed by atoms with E-state index in [2.05, 4.69) is 42.1 Å².